The summed E-state index contributed by atoms with van der Waals surface area (Å²) in [6, 6.07) is 17.7. The molecule has 2 aromatic carbocycles. The number of halogens is 1. The van der Waals surface area contributed by atoms with Gasteiger partial charge >= 0.3 is 5.97 Å². The van der Waals surface area contributed by atoms with Crippen LogP contribution < -0.4 is 5.32 Å². The predicted molar refractivity (Wildman–Crippen MR) is 125 cm³/mol. The maximum atomic E-state index is 12.6. The van der Waals surface area contributed by atoms with Crippen molar-refractivity contribution in [2.75, 3.05) is 11.9 Å². The highest BCUT2D eigenvalue weighted by molar-refractivity contribution is 6.31. The normalized spacial score (nSPS) is 11.0. The Morgan fingerprint density at radius 1 is 1.16 bits per heavy atom. The molecular weight excluding hydrogens is 426 g/mol. The summed E-state index contributed by atoms with van der Waals surface area (Å²) in [4.78, 5) is 24.5. The minimum atomic E-state index is -0.515. The summed E-state index contributed by atoms with van der Waals surface area (Å²) >= 11 is 5.95. The molecule has 6 nitrogen and oxygen atoms in total. The Bertz CT molecular complexity index is 1230. The van der Waals surface area contributed by atoms with Crippen LogP contribution in [0.25, 0.3) is 11.8 Å². The van der Waals surface area contributed by atoms with E-state index in [0.717, 1.165) is 22.6 Å². The molecule has 1 amide bonds. The van der Waals surface area contributed by atoms with Gasteiger partial charge in [-0.3, -0.25) is 4.79 Å². The van der Waals surface area contributed by atoms with Crippen LogP contribution in [0, 0.1) is 25.2 Å². The van der Waals surface area contributed by atoms with E-state index in [2.05, 4.69) is 5.32 Å². The molecule has 0 aliphatic rings. The second-order valence-electron chi connectivity index (χ2n) is 7.06. The fourth-order valence-corrected chi connectivity index (χ4v) is 3.55. The summed E-state index contributed by atoms with van der Waals surface area (Å²) in [5.41, 5.74) is 4.34. The number of nitrogens with zero attached hydrogens (tertiary/aromatic N) is 2. The molecule has 0 unspecified atom stereocenters. The van der Waals surface area contributed by atoms with Gasteiger partial charge in [0.15, 0.2) is 0 Å². The molecule has 0 aliphatic heterocycles. The van der Waals surface area contributed by atoms with E-state index < -0.39 is 5.91 Å². The molecule has 162 valence electrons. The molecule has 32 heavy (non-hydrogen) atoms. The highest BCUT2D eigenvalue weighted by Crippen LogP contribution is 2.24. The second-order valence-corrected chi connectivity index (χ2v) is 7.50. The lowest BCUT2D eigenvalue weighted by Crippen LogP contribution is -2.13. The molecule has 0 spiro atoms. The van der Waals surface area contributed by atoms with E-state index in [-0.39, 0.29) is 11.5 Å². The number of rotatable bonds is 6. The average Bonchev–Trinajstić information content (AvgIpc) is 3.05. The van der Waals surface area contributed by atoms with Crippen LogP contribution >= 0.6 is 11.6 Å². The number of esters is 1. The molecule has 1 N–H and O–H groups in total. The number of ether oxygens (including phenoxy) is 1. The quantitative estimate of drug-likeness (QED) is 0.308. The molecule has 3 rings (SSSR count). The van der Waals surface area contributed by atoms with Crippen LogP contribution in [-0.2, 0) is 9.53 Å². The first-order valence-corrected chi connectivity index (χ1v) is 10.4. The third kappa shape index (κ3) is 5.08. The maximum Gasteiger partial charge on any atom is 0.338 e. The molecule has 7 heteroatoms. The van der Waals surface area contributed by atoms with Crippen LogP contribution in [0.4, 0.5) is 5.69 Å². The number of anilines is 1. The van der Waals surface area contributed by atoms with Crippen molar-refractivity contribution in [3.63, 3.8) is 0 Å². The van der Waals surface area contributed by atoms with Gasteiger partial charge in [-0.2, -0.15) is 5.26 Å². The summed E-state index contributed by atoms with van der Waals surface area (Å²) < 4.78 is 7.01. The zero-order chi connectivity index (χ0) is 23.3. The average molecular weight is 448 g/mol. The standard InChI is InChI=1S/C25H22ClN3O3/c1-4-32-25(31)18-8-10-23(11-9-18)29-16(2)12-19(17(29)3)13-20(15-27)24(30)28-22-7-5-6-21(26)14-22/h5-14H,4H2,1-3H3,(H,28,30)/b20-13+. The highest BCUT2D eigenvalue weighted by Gasteiger charge is 2.15. The Kier molecular flexibility index (Phi) is 7.14. The molecule has 0 radical (unpaired) electrons. The lowest BCUT2D eigenvalue weighted by molar-refractivity contribution is -0.112. The summed E-state index contributed by atoms with van der Waals surface area (Å²) in [7, 11) is 0. The molecular formula is C25H22ClN3O3. The van der Waals surface area contributed by atoms with Gasteiger partial charge in [0.1, 0.15) is 11.6 Å². The van der Waals surface area contributed by atoms with E-state index in [1.807, 2.05) is 42.7 Å². The van der Waals surface area contributed by atoms with Gasteiger partial charge in [-0.05, 0) is 80.9 Å². The third-order valence-corrected chi connectivity index (χ3v) is 5.09. The number of amides is 1. The predicted octanol–water partition coefficient (Wildman–Crippen LogP) is 5.47. The van der Waals surface area contributed by atoms with Gasteiger partial charge in [-0.1, -0.05) is 17.7 Å². The minimum absolute atomic E-state index is 0.0251. The molecule has 3 aromatic rings. The molecule has 0 saturated heterocycles. The van der Waals surface area contributed by atoms with E-state index >= 15 is 0 Å². The SMILES string of the molecule is CCOC(=O)c1ccc(-n2c(C)cc(/C=C(\C#N)C(=O)Nc3cccc(Cl)c3)c2C)cc1. The summed E-state index contributed by atoms with van der Waals surface area (Å²) in [5, 5.41) is 12.7. The van der Waals surface area contributed by atoms with Gasteiger partial charge in [0.2, 0.25) is 0 Å². The van der Waals surface area contributed by atoms with Crippen molar-refractivity contribution in [1.82, 2.24) is 4.57 Å². The molecule has 1 aromatic heterocycles. The number of carbonyl (C=O) groups is 2. The van der Waals surface area contributed by atoms with Crippen molar-refractivity contribution in [1.29, 1.82) is 5.26 Å². The van der Waals surface area contributed by atoms with Crippen molar-refractivity contribution >= 4 is 35.2 Å². The van der Waals surface area contributed by atoms with Crippen LogP contribution in [0.5, 0.6) is 0 Å². The number of hydrogen-bond acceptors (Lipinski definition) is 4. The lowest BCUT2D eigenvalue weighted by atomic mass is 10.1. The summed E-state index contributed by atoms with van der Waals surface area (Å²) in [6.07, 6.45) is 1.56. The first kappa shape index (κ1) is 22.9. The molecule has 0 bridgehead atoms. The lowest BCUT2D eigenvalue weighted by Gasteiger charge is -2.10. The van der Waals surface area contributed by atoms with Crippen molar-refractivity contribution in [2.45, 2.75) is 20.8 Å². The van der Waals surface area contributed by atoms with Crippen molar-refractivity contribution < 1.29 is 14.3 Å². The Morgan fingerprint density at radius 3 is 2.50 bits per heavy atom. The van der Waals surface area contributed by atoms with Gasteiger partial charge < -0.3 is 14.6 Å². The van der Waals surface area contributed by atoms with Crippen LogP contribution in [0.1, 0.15) is 34.2 Å². The first-order chi connectivity index (χ1) is 15.3. The number of nitriles is 1. The topological polar surface area (TPSA) is 84.1 Å². The maximum absolute atomic E-state index is 12.6. The van der Waals surface area contributed by atoms with E-state index in [9.17, 15) is 14.9 Å². The molecule has 0 saturated carbocycles. The van der Waals surface area contributed by atoms with E-state index in [1.54, 1.807) is 49.4 Å². The molecule has 0 fully saturated rings. The van der Waals surface area contributed by atoms with Gasteiger partial charge in [0, 0.05) is 27.8 Å². The van der Waals surface area contributed by atoms with Crippen LogP contribution in [0.15, 0.2) is 60.2 Å². The van der Waals surface area contributed by atoms with Crippen molar-refractivity contribution in [3.05, 3.63) is 87.7 Å². The Labute approximate surface area is 191 Å². The number of benzene rings is 2. The third-order valence-electron chi connectivity index (χ3n) is 4.85. The smallest absolute Gasteiger partial charge is 0.338 e. The van der Waals surface area contributed by atoms with Crippen molar-refractivity contribution in [3.8, 4) is 11.8 Å². The van der Waals surface area contributed by atoms with E-state index in [1.165, 1.54) is 0 Å². The summed E-state index contributed by atoms with van der Waals surface area (Å²) in [6.45, 7) is 5.92. The minimum Gasteiger partial charge on any atom is -0.462 e. The van der Waals surface area contributed by atoms with Crippen LogP contribution in [0.2, 0.25) is 5.02 Å². The summed E-state index contributed by atoms with van der Waals surface area (Å²) in [5.74, 6) is -0.883. The largest absolute Gasteiger partial charge is 0.462 e. The number of aromatic nitrogens is 1. The Morgan fingerprint density at radius 2 is 1.88 bits per heavy atom. The van der Waals surface area contributed by atoms with E-state index in [4.69, 9.17) is 16.3 Å². The number of hydrogen-bond donors (Lipinski definition) is 1. The first-order valence-electron chi connectivity index (χ1n) is 9.99. The van der Waals surface area contributed by atoms with Crippen LogP contribution in [0.3, 0.4) is 0 Å². The molecule has 0 aliphatic carbocycles. The molecule has 1 heterocycles. The number of carbonyl (C=O) groups excluding carboxylic acids is 2. The van der Waals surface area contributed by atoms with Crippen molar-refractivity contribution in [2.24, 2.45) is 0 Å². The van der Waals surface area contributed by atoms with Crippen LogP contribution in [-0.4, -0.2) is 23.1 Å². The van der Waals surface area contributed by atoms with Gasteiger partial charge in [-0.25, -0.2) is 4.79 Å². The fraction of sp³-hybridized carbons (Fsp3) is 0.160. The Hall–Kier alpha value is -3.82. The monoisotopic (exact) mass is 447 g/mol. The Balaban J connectivity index is 1.88. The molecule has 0 atom stereocenters. The van der Waals surface area contributed by atoms with Gasteiger partial charge in [0.05, 0.1) is 12.2 Å². The second kappa shape index (κ2) is 9.99. The van der Waals surface area contributed by atoms with E-state index in [0.29, 0.717) is 22.9 Å². The number of nitrogens with one attached hydrogen (secondary N) is 1. The zero-order valence-corrected chi connectivity index (χ0v) is 18.7. The van der Waals surface area contributed by atoms with Gasteiger partial charge in [0.25, 0.3) is 5.91 Å². The zero-order valence-electron chi connectivity index (χ0n) is 18.0. The highest BCUT2D eigenvalue weighted by atomic mass is 35.5. The fourth-order valence-electron chi connectivity index (χ4n) is 3.36. The van der Waals surface area contributed by atoms with Gasteiger partial charge in [-0.15, -0.1) is 0 Å². The number of aryl methyl sites for hydroxylation is 1.